The number of hydrogen-bond donors (Lipinski definition) is 1. The molecule has 0 amide bonds. The molecule has 0 saturated heterocycles. The van der Waals surface area contributed by atoms with Crippen molar-refractivity contribution >= 4 is 0 Å². The van der Waals surface area contributed by atoms with Crippen LogP contribution in [0.5, 0.6) is 0 Å². The molecule has 0 bridgehead atoms. The minimum absolute atomic E-state index is 0.661. The van der Waals surface area contributed by atoms with Gasteiger partial charge in [-0.15, -0.1) is 0 Å². The fraction of sp³-hybridized carbons (Fsp3) is 0.273. The average molecular weight is 174 g/mol. The van der Waals surface area contributed by atoms with Crippen LogP contribution in [-0.4, -0.2) is 4.90 Å². The lowest BCUT2D eigenvalue weighted by atomic mass is 10.1. The molecule has 2 nitrogen and oxygen atoms in total. The molecule has 13 heavy (non-hydrogen) atoms. The highest BCUT2D eigenvalue weighted by atomic mass is 15.2. The SMILES string of the molecule is C=C(N)N1Cc2ccc(C)cc2C1. The Balaban J connectivity index is 2.30. The van der Waals surface area contributed by atoms with E-state index in [1.165, 1.54) is 16.7 Å². The van der Waals surface area contributed by atoms with Crippen LogP contribution >= 0.6 is 0 Å². The van der Waals surface area contributed by atoms with Gasteiger partial charge < -0.3 is 10.6 Å². The zero-order valence-electron chi connectivity index (χ0n) is 7.88. The Morgan fingerprint density at radius 1 is 1.38 bits per heavy atom. The molecule has 0 aromatic heterocycles. The van der Waals surface area contributed by atoms with E-state index in [1.54, 1.807) is 0 Å². The van der Waals surface area contributed by atoms with Gasteiger partial charge in [0.05, 0.1) is 5.82 Å². The summed E-state index contributed by atoms with van der Waals surface area (Å²) in [6.45, 7) is 7.67. The second-order valence-electron chi connectivity index (χ2n) is 3.62. The lowest BCUT2D eigenvalue weighted by molar-refractivity contribution is 0.360. The van der Waals surface area contributed by atoms with Crippen molar-refractivity contribution in [3.63, 3.8) is 0 Å². The third-order valence-corrected chi connectivity index (χ3v) is 2.49. The normalized spacial score (nSPS) is 14.4. The Bertz CT molecular complexity index is 355. The first-order chi connectivity index (χ1) is 6.16. The molecular formula is C11H14N2. The van der Waals surface area contributed by atoms with Gasteiger partial charge in [0.2, 0.25) is 0 Å². The van der Waals surface area contributed by atoms with E-state index in [4.69, 9.17) is 5.73 Å². The summed E-state index contributed by atoms with van der Waals surface area (Å²) in [6, 6.07) is 6.54. The molecule has 0 saturated carbocycles. The van der Waals surface area contributed by atoms with Gasteiger partial charge in [-0.3, -0.25) is 0 Å². The summed E-state index contributed by atoms with van der Waals surface area (Å²) in [6.07, 6.45) is 0. The minimum atomic E-state index is 0.661. The zero-order valence-corrected chi connectivity index (χ0v) is 7.88. The van der Waals surface area contributed by atoms with E-state index < -0.39 is 0 Å². The molecule has 1 aliphatic rings. The molecule has 0 radical (unpaired) electrons. The lowest BCUT2D eigenvalue weighted by Gasteiger charge is -2.15. The molecule has 0 atom stereocenters. The topological polar surface area (TPSA) is 29.3 Å². The minimum Gasteiger partial charge on any atom is -0.386 e. The van der Waals surface area contributed by atoms with Crippen molar-refractivity contribution in [2.45, 2.75) is 20.0 Å². The second-order valence-corrected chi connectivity index (χ2v) is 3.62. The predicted octanol–water partition coefficient (Wildman–Crippen LogP) is 1.74. The molecule has 2 N–H and O–H groups in total. The Kier molecular flexibility index (Phi) is 1.76. The van der Waals surface area contributed by atoms with Crippen molar-refractivity contribution in [2.75, 3.05) is 0 Å². The largest absolute Gasteiger partial charge is 0.386 e. The van der Waals surface area contributed by atoms with Crippen LogP contribution in [0.4, 0.5) is 0 Å². The smallest absolute Gasteiger partial charge is 0.0918 e. The number of fused-ring (bicyclic) bond motifs is 1. The monoisotopic (exact) mass is 174 g/mol. The maximum atomic E-state index is 5.65. The molecule has 2 heteroatoms. The zero-order chi connectivity index (χ0) is 9.42. The van der Waals surface area contributed by atoms with E-state index in [0.29, 0.717) is 5.82 Å². The lowest BCUT2D eigenvalue weighted by Crippen LogP contribution is -2.20. The first-order valence-electron chi connectivity index (χ1n) is 4.44. The number of aryl methyl sites for hydroxylation is 1. The van der Waals surface area contributed by atoms with Crippen molar-refractivity contribution in [1.29, 1.82) is 0 Å². The van der Waals surface area contributed by atoms with E-state index in [9.17, 15) is 0 Å². The van der Waals surface area contributed by atoms with Crippen molar-refractivity contribution in [3.8, 4) is 0 Å². The van der Waals surface area contributed by atoms with E-state index in [1.807, 2.05) is 0 Å². The first-order valence-corrected chi connectivity index (χ1v) is 4.44. The van der Waals surface area contributed by atoms with Gasteiger partial charge in [0, 0.05) is 13.1 Å². The summed E-state index contributed by atoms with van der Waals surface area (Å²) in [5.41, 5.74) is 9.71. The third-order valence-electron chi connectivity index (χ3n) is 2.49. The molecule has 1 heterocycles. The van der Waals surface area contributed by atoms with Crippen molar-refractivity contribution < 1.29 is 0 Å². The fourth-order valence-corrected chi connectivity index (χ4v) is 1.73. The van der Waals surface area contributed by atoms with Gasteiger partial charge in [0.1, 0.15) is 0 Å². The quantitative estimate of drug-likeness (QED) is 0.702. The Labute approximate surface area is 78.7 Å². The highest BCUT2D eigenvalue weighted by molar-refractivity contribution is 5.35. The average Bonchev–Trinajstić information content (AvgIpc) is 2.46. The first kappa shape index (κ1) is 8.17. The predicted molar refractivity (Wildman–Crippen MR) is 53.8 cm³/mol. The molecular weight excluding hydrogens is 160 g/mol. The maximum absolute atomic E-state index is 5.65. The molecule has 0 aliphatic carbocycles. The van der Waals surface area contributed by atoms with Crippen LogP contribution in [0.2, 0.25) is 0 Å². The van der Waals surface area contributed by atoms with Gasteiger partial charge in [0.25, 0.3) is 0 Å². The summed E-state index contributed by atoms with van der Waals surface area (Å²) >= 11 is 0. The molecule has 0 spiro atoms. The van der Waals surface area contributed by atoms with Gasteiger partial charge in [-0.25, -0.2) is 0 Å². The number of nitrogens with zero attached hydrogens (tertiary/aromatic N) is 1. The van der Waals surface area contributed by atoms with Crippen molar-refractivity contribution in [1.82, 2.24) is 4.90 Å². The number of hydrogen-bond acceptors (Lipinski definition) is 2. The van der Waals surface area contributed by atoms with E-state index in [2.05, 4.69) is 36.6 Å². The third kappa shape index (κ3) is 1.39. The van der Waals surface area contributed by atoms with Crippen LogP contribution in [0.1, 0.15) is 16.7 Å². The number of rotatable bonds is 1. The van der Waals surface area contributed by atoms with Gasteiger partial charge in [-0.2, -0.15) is 0 Å². The van der Waals surface area contributed by atoms with E-state index >= 15 is 0 Å². The molecule has 1 aromatic rings. The standard InChI is InChI=1S/C11H14N2/c1-8-3-4-10-6-13(9(2)12)7-11(10)5-8/h3-5H,2,6-7,12H2,1H3. The van der Waals surface area contributed by atoms with Crippen molar-refractivity contribution in [3.05, 3.63) is 47.3 Å². The summed E-state index contributed by atoms with van der Waals surface area (Å²) in [5.74, 6) is 0.661. The van der Waals surface area contributed by atoms with Crippen LogP contribution in [0, 0.1) is 6.92 Å². The Morgan fingerprint density at radius 3 is 2.77 bits per heavy atom. The van der Waals surface area contributed by atoms with Crippen LogP contribution in [-0.2, 0) is 13.1 Å². The van der Waals surface area contributed by atoms with Crippen LogP contribution in [0.15, 0.2) is 30.6 Å². The summed E-state index contributed by atoms with van der Waals surface area (Å²) in [5, 5.41) is 0. The maximum Gasteiger partial charge on any atom is 0.0918 e. The highest BCUT2D eigenvalue weighted by Crippen LogP contribution is 2.24. The summed E-state index contributed by atoms with van der Waals surface area (Å²) < 4.78 is 0. The number of nitrogens with two attached hydrogens (primary N) is 1. The van der Waals surface area contributed by atoms with Gasteiger partial charge >= 0.3 is 0 Å². The van der Waals surface area contributed by atoms with Crippen LogP contribution < -0.4 is 5.73 Å². The summed E-state index contributed by atoms with van der Waals surface area (Å²) in [7, 11) is 0. The number of benzene rings is 1. The van der Waals surface area contributed by atoms with Crippen molar-refractivity contribution in [2.24, 2.45) is 5.73 Å². The Morgan fingerprint density at radius 2 is 2.08 bits per heavy atom. The summed E-state index contributed by atoms with van der Waals surface area (Å²) in [4.78, 5) is 2.09. The van der Waals surface area contributed by atoms with Crippen LogP contribution in [0.3, 0.4) is 0 Å². The molecule has 0 unspecified atom stereocenters. The highest BCUT2D eigenvalue weighted by Gasteiger charge is 2.17. The second kappa shape index (κ2) is 2.80. The molecule has 0 fully saturated rings. The van der Waals surface area contributed by atoms with E-state index in [-0.39, 0.29) is 0 Å². The molecule has 1 aromatic carbocycles. The molecule has 1 aliphatic heterocycles. The van der Waals surface area contributed by atoms with E-state index in [0.717, 1.165) is 13.1 Å². The van der Waals surface area contributed by atoms with Gasteiger partial charge in [-0.05, 0) is 18.1 Å². The molecule has 68 valence electrons. The molecule has 2 rings (SSSR count). The van der Waals surface area contributed by atoms with Crippen LogP contribution in [0.25, 0.3) is 0 Å². The van der Waals surface area contributed by atoms with Gasteiger partial charge in [-0.1, -0.05) is 30.3 Å². The van der Waals surface area contributed by atoms with Gasteiger partial charge in [0.15, 0.2) is 0 Å². The fourth-order valence-electron chi connectivity index (χ4n) is 1.73. The Hall–Kier alpha value is -1.44.